The zero-order valence-corrected chi connectivity index (χ0v) is 13.5. The predicted octanol–water partition coefficient (Wildman–Crippen LogP) is -1.11. The lowest BCUT2D eigenvalue weighted by molar-refractivity contribution is -0.131. The highest BCUT2D eigenvalue weighted by Crippen LogP contribution is 2.05. The molecule has 0 radical (unpaired) electrons. The molecule has 0 aromatic heterocycles. The Morgan fingerprint density at radius 2 is 1.81 bits per heavy atom. The molecule has 2 amide bonds. The van der Waals surface area contributed by atoms with Gasteiger partial charge >= 0.3 is 0 Å². The normalized spacial score (nSPS) is 14.9. The average molecular weight is 319 g/mol. The quantitative estimate of drug-likeness (QED) is 0.405. The zero-order valence-electron chi connectivity index (χ0n) is 12.7. The molecule has 0 bridgehead atoms. The molecule has 3 atom stereocenters. The van der Waals surface area contributed by atoms with E-state index in [2.05, 4.69) is 10.6 Å². The molecule has 0 aromatic carbocycles. The Morgan fingerprint density at radius 1 is 1.19 bits per heavy atom. The van der Waals surface area contributed by atoms with E-state index in [4.69, 9.17) is 10.8 Å². The number of Topliss-reactive ketones (excluding diaryl/α,β-unsaturated/α-hetero) is 1. The van der Waals surface area contributed by atoms with Crippen molar-refractivity contribution in [2.24, 2.45) is 11.7 Å². The number of nitrogens with one attached hydrogen (secondary N) is 2. The first-order valence-corrected chi connectivity index (χ1v) is 7.96. The third-order valence-electron chi connectivity index (χ3n) is 2.69. The molecule has 0 fully saturated rings. The van der Waals surface area contributed by atoms with Crippen molar-refractivity contribution in [3.8, 4) is 0 Å². The molecule has 0 aromatic rings. The standard InChI is InChI=1S/C13H25N3O4S/c1-8(5-17)12(19)16-11(7-21-6-10(3)18)13(20)15-9(2)4-14/h8-9,11,17H,4-7,14H2,1-3H3,(H,15,20)(H,16,19)/t8-,9-,11-/m0/s1. The summed E-state index contributed by atoms with van der Waals surface area (Å²) in [6, 6.07) is -0.963. The van der Waals surface area contributed by atoms with Crippen LogP contribution < -0.4 is 16.4 Å². The van der Waals surface area contributed by atoms with E-state index < -0.39 is 17.9 Å². The van der Waals surface area contributed by atoms with Crippen molar-refractivity contribution in [2.75, 3.05) is 24.7 Å². The van der Waals surface area contributed by atoms with Gasteiger partial charge in [-0.25, -0.2) is 0 Å². The van der Waals surface area contributed by atoms with Gasteiger partial charge in [-0.2, -0.15) is 11.8 Å². The molecule has 0 unspecified atom stereocenters. The molecule has 5 N–H and O–H groups in total. The lowest BCUT2D eigenvalue weighted by Crippen LogP contribution is -2.52. The topological polar surface area (TPSA) is 122 Å². The second-order valence-electron chi connectivity index (χ2n) is 5.01. The van der Waals surface area contributed by atoms with Crippen LogP contribution in [0.5, 0.6) is 0 Å². The van der Waals surface area contributed by atoms with Crippen LogP contribution in [0.25, 0.3) is 0 Å². The van der Waals surface area contributed by atoms with Crippen molar-refractivity contribution in [3.63, 3.8) is 0 Å². The van der Waals surface area contributed by atoms with E-state index >= 15 is 0 Å². The Hall–Kier alpha value is -1.12. The number of amides is 2. The summed E-state index contributed by atoms with van der Waals surface area (Å²) in [6.07, 6.45) is 0. The van der Waals surface area contributed by atoms with Gasteiger partial charge in [0.25, 0.3) is 0 Å². The largest absolute Gasteiger partial charge is 0.396 e. The molecular weight excluding hydrogens is 294 g/mol. The fourth-order valence-electron chi connectivity index (χ4n) is 1.30. The second kappa shape index (κ2) is 10.6. The molecule has 0 aliphatic carbocycles. The van der Waals surface area contributed by atoms with Gasteiger partial charge in [-0.1, -0.05) is 6.92 Å². The van der Waals surface area contributed by atoms with Crippen LogP contribution in [-0.2, 0) is 14.4 Å². The number of hydrogen-bond donors (Lipinski definition) is 4. The van der Waals surface area contributed by atoms with E-state index in [0.29, 0.717) is 6.54 Å². The summed E-state index contributed by atoms with van der Waals surface area (Å²) >= 11 is 1.27. The van der Waals surface area contributed by atoms with Gasteiger partial charge in [0.2, 0.25) is 11.8 Å². The van der Waals surface area contributed by atoms with Gasteiger partial charge in [0, 0.05) is 18.3 Å². The third-order valence-corrected chi connectivity index (χ3v) is 3.87. The Labute approximate surface area is 129 Å². The molecule has 122 valence electrons. The maximum atomic E-state index is 12.1. The highest BCUT2D eigenvalue weighted by atomic mass is 32.2. The van der Waals surface area contributed by atoms with Gasteiger partial charge in [0.05, 0.1) is 18.3 Å². The van der Waals surface area contributed by atoms with Crippen LogP contribution >= 0.6 is 11.8 Å². The minimum absolute atomic E-state index is 0.00420. The summed E-state index contributed by atoms with van der Waals surface area (Å²) in [5.74, 6) is -0.771. The highest BCUT2D eigenvalue weighted by molar-refractivity contribution is 8.00. The number of ketones is 1. The molecule has 0 aliphatic heterocycles. The lowest BCUT2D eigenvalue weighted by Gasteiger charge is -2.21. The van der Waals surface area contributed by atoms with Crippen molar-refractivity contribution in [2.45, 2.75) is 32.9 Å². The number of hydrogen-bond acceptors (Lipinski definition) is 6. The SMILES string of the molecule is CC(=O)CSC[C@H](NC(=O)[C@@H](C)CO)C(=O)N[C@@H](C)CN. The van der Waals surface area contributed by atoms with Crippen LogP contribution in [-0.4, -0.2) is 59.4 Å². The molecule has 0 aliphatic rings. The summed E-state index contributed by atoms with van der Waals surface area (Å²) in [7, 11) is 0. The summed E-state index contributed by atoms with van der Waals surface area (Å²) in [5, 5.41) is 14.2. The number of aliphatic hydroxyl groups excluding tert-OH is 1. The van der Waals surface area contributed by atoms with E-state index in [1.54, 1.807) is 13.8 Å². The maximum Gasteiger partial charge on any atom is 0.243 e. The van der Waals surface area contributed by atoms with Crippen LogP contribution in [0, 0.1) is 5.92 Å². The van der Waals surface area contributed by atoms with Crippen molar-refractivity contribution in [3.05, 3.63) is 0 Å². The first-order chi connectivity index (χ1) is 9.81. The molecule has 0 saturated carbocycles. The number of carbonyl (C=O) groups excluding carboxylic acids is 3. The van der Waals surface area contributed by atoms with Crippen molar-refractivity contribution in [1.29, 1.82) is 0 Å². The van der Waals surface area contributed by atoms with E-state index in [1.165, 1.54) is 18.7 Å². The van der Waals surface area contributed by atoms with E-state index in [-0.39, 0.29) is 35.8 Å². The van der Waals surface area contributed by atoms with Crippen molar-refractivity contribution < 1.29 is 19.5 Å². The molecular formula is C13H25N3O4S. The predicted molar refractivity (Wildman–Crippen MR) is 82.8 cm³/mol. The van der Waals surface area contributed by atoms with E-state index in [1.807, 2.05) is 0 Å². The van der Waals surface area contributed by atoms with Gasteiger partial charge in [-0.15, -0.1) is 0 Å². The fraction of sp³-hybridized carbons (Fsp3) is 0.769. The molecule has 0 rings (SSSR count). The van der Waals surface area contributed by atoms with Gasteiger partial charge < -0.3 is 21.5 Å². The van der Waals surface area contributed by atoms with Gasteiger partial charge in [-0.05, 0) is 13.8 Å². The smallest absolute Gasteiger partial charge is 0.243 e. The van der Waals surface area contributed by atoms with Gasteiger partial charge in [0.15, 0.2) is 0 Å². The van der Waals surface area contributed by atoms with Crippen LogP contribution in [0.1, 0.15) is 20.8 Å². The van der Waals surface area contributed by atoms with E-state index in [9.17, 15) is 14.4 Å². The third kappa shape index (κ3) is 8.69. The number of rotatable bonds is 10. The van der Waals surface area contributed by atoms with Gasteiger partial charge in [0.1, 0.15) is 11.8 Å². The Balaban J connectivity index is 4.63. The van der Waals surface area contributed by atoms with Crippen LogP contribution in [0.2, 0.25) is 0 Å². The van der Waals surface area contributed by atoms with Crippen LogP contribution in [0.4, 0.5) is 0 Å². The summed E-state index contributed by atoms with van der Waals surface area (Å²) in [5.41, 5.74) is 5.45. The van der Waals surface area contributed by atoms with Crippen molar-refractivity contribution in [1.82, 2.24) is 10.6 Å². The fourth-order valence-corrected chi connectivity index (χ4v) is 2.18. The zero-order chi connectivity index (χ0) is 16.4. The maximum absolute atomic E-state index is 12.1. The number of carbonyl (C=O) groups is 3. The van der Waals surface area contributed by atoms with Crippen molar-refractivity contribution >= 4 is 29.4 Å². The molecule has 0 spiro atoms. The Morgan fingerprint density at radius 3 is 2.29 bits per heavy atom. The first-order valence-electron chi connectivity index (χ1n) is 6.80. The number of nitrogens with two attached hydrogens (primary N) is 1. The van der Waals surface area contributed by atoms with E-state index in [0.717, 1.165) is 0 Å². The average Bonchev–Trinajstić information content (AvgIpc) is 2.44. The molecule has 0 saturated heterocycles. The molecule has 21 heavy (non-hydrogen) atoms. The first kappa shape index (κ1) is 19.9. The minimum atomic E-state index is -0.759. The monoisotopic (exact) mass is 319 g/mol. The van der Waals surface area contributed by atoms with Gasteiger partial charge in [-0.3, -0.25) is 14.4 Å². The lowest BCUT2D eigenvalue weighted by atomic mass is 10.1. The molecule has 7 nitrogen and oxygen atoms in total. The van der Waals surface area contributed by atoms with Crippen LogP contribution in [0.15, 0.2) is 0 Å². The number of thioether (sulfide) groups is 1. The highest BCUT2D eigenvalue weighted by Gasteiger charge is 2.24. The Kier molecular flexibility index (Phi) is 10.0. The molecule has 0 heterocycles. The van der Waals surface area contributed by atoms with Crippen LogP contribution in [0.3, 0.4) is 0 Å². The Bertz CT molecular complexity index is 365. The minimum Gasteiger partial charge on any atom is -0.396 e. The number of aliphatic hydroxyl groups is 1. The summed E-state index contributed by atoms with van der Waals surface area (Å²) in [6.45, 7) is 4.79. The molecule has 8 heteroatoms. The second-order valence-corrected chi connectivity index (χ2v) is 6.04. The summed E-state index contributed by atoms with van der Waals surface area (Å²) < 4.78 is 0. The summed E-state index contributed by atoms with van der Waals surface area (Å²) in [4.78, 5) is 34.8.